The first-order valence-electron chi connectivity index (χ1n) is 8.41. The van der Waals surface area contributed by atoms with Crippen LogP contribution < -0.4 is 10.1 Å². The molecule has 1 N–H and O–H groups in total. The van der Waals surface area contributed by atoms with Gasteiger partial charge in [-0.25, -0.2) is 4.98 Å². The van der Waals surface area contributed by atoms with Crippen LogP contribution in [0.3, 0.4) is 0 Å². The van der Waals surface area contributed by atoms with Gasteiger partial charge in [-0.1, -0.05) is 30.3 Å². The number of pyridine rings is 1. The van der Waals surface area contributed by atoms with Crippen molar-refractivity contribution in [1.29, 1.82) is 0 Å². The number of benzene rings is 1. The number of rotatable bonds is 6. The summed E-state index contributed by atoms with van der Waals surface area (Å²) in [6.45, 7) is 5.15. The van der Waals surface area contributed by atoms with Crippen LogP contribution in [0.2, 0.25) is 0 Å². The van der Waals surface area contributed by atoms with Crippen LogP contribution in [0.1, 0.15) is 29.3 Å². The van der Waals surface area contributed by atoms with Gasteiger partial charge in [-0.2, -0.15) is 0 Å². The fourth-order valence-electron chi connectivity index (χ4n) is 3.01. The lowest BCUT2D eigenvalue weighted by atomic mass is 10.2. The Morgan fingerprint density at radius 3 is 2.92 bits per heavy atom. The number of hydrogen-bond acceptors (Lipinski definition) is 4. The van der Waals surface area contributed by atoms with E-state index >= 15 is 0 Å². The number of nitrogens with one attached hydrogen (secondary N) is 1. The van der Waals surface area contributed by atoms with Gasteiger partial charge in [0.2, 0.25) is 5.88 Å². The smallest absolute Gasteiger partial charge is 0.257 e. The van der Waals surface area contributed by atoms with Crippen molar-refractivity contribution in [3.63, 3.8) is 0 Å². The summed E-state index contributed by atoms with van der Waals surface area (Å²) in [5, 5.41) is 3.11. The van der Waals surface area contributed by atoms with Crippen molar-refractivity contribution < 1.29 is 9.53 Å². The predicted octanol–water partition coefficient (Wildman–Crippen LogP) is 2.48. The van der Waals surface area contributed by atoms with Crippen LogP contribution in [-0.2, 0) is 6.54 Å². The lowest BCUT2D eigenvalue weighted by Gasteiger charge is -2.17. The van der Waals surface area contributed by atoms with Crippen molar-refractivity contribution >= 4 is 5.91 Å². The van der Waals surface area contributed by atoms with Gasteiger partial charge in [0.15, 0.2) is 0 Å². The molecule has 5 heteroatoms. The molecule has 1 unspecified atom stereocenters. The van der Waals surface area contributed by atoms with E-state index in [2.05, 4.69) is 39.5 Å². The summed E-state index contributed by atoms with van der Waals surface area (Å²) in [5.41, 5.74) is 1.80. The lowest BCUT2D eigenvalue weighted by Crippen LogP contribution is -2.37. The highest BCUT2D eigenvalue weighted by Gasteiger charge is 2.25. The minimum Gasteiger partial charge on any atom is -0.477 e. The van der Waals surface area contributed by atoms with Crippen LogP contribution in [-0.4, -0.2) is 41.5 Å². The van der Waals surface area contributed by atoms with E-state index in [9.17, 15) is 4.79 Å². The Kier molecular flexibility index (Phi) is 5.43. The molecule has 0 radical (unpaired) electrons. The molecule has 0 saturated carbocycles. The minimum atomic E-state index is -0.113. The largest absolute Gasteiger partial charge is 0.477 e. The maximum Gasteiger partial charge on any atom is 0.257 e. The number of ether oxygens (including phenoxy) is 1. The van der Waals surface area contributed by atoms with Crippen molar-refractivity contribution in [1.82, 2.24) is 15.2 Å². The fraction of sp³-hybridized carbons (Fsp3) is 0.368. The molecule has 1 fully saturated rings. The van der Waals surface area contributed by atoms with Crippen LogP contribution in [0, 0.1) is 0 Å². The molecule has 1 aromatic heterocycles. The minimum absolute atomic E-state index is 0.113. The molecule has 2 heterocycles. The highest BCUT2D eigenvalue weighted by molar-refractivity contribution is 5.96. The molecule has 1 aliphatic heterocycles. The monoisotopic (exact) mass is 325 g/mol. The summed E-state index contributed by atoms with van der Waals surface area (Å²) >= 11 is 0. The average Bonchev–Trinajstić information content (AvgIpc) is 3.03. The number of nitrogens with zero attached hydrogens (tertiary/aromatic N) is 2. The van der Waals surface area contributed by atoms with Crippen molar-refractivity contribution in [3.05, 3.63) is 59.8 Å². The predicted molar refractivity (Wildman–Crippen MR) is 93.0 cm³/mol. The first kappa shape index (κ1) is 16.5. The molecule has 1 amide bonds. The summed E-state index contributed by atoms with van der Waals surface area (Å²) in [6, 6.07) is 14.1. The molecule has 2 aromatic rings. The Balaban J connectivity index is 1.56. The number of amides is 1. The molecular weight excluding hydrogens is 302 g/mol. The first-order chi connectivity index (χ1) is 11.8. The van der Waals surface area contributed by atoms with Gasteiger partial charge in [-0.05, 0) is 31.0 Å². The number of likely N-dealkylation sites (tertiary alicyclic amines) is 1. The highest BCUT2D eigenvalue weighted by Crippen LogP contribution is 2.17. The van der Waals surface area contributed by atoms with Gasteiger partial charge in [0.25, 0.3) is 5.91 Å². The molecule has 126 valence electrons. The van der Waals surface area contributed by atoms with Crippen molar-refractivity contribution in [2.45, 2.75) is 25.9 Å². The Hall–Kier alpha value is -2.40. The van der Waals surface area contributed by atoms with Crippen LogP contribution >= 0.6 is 0 Å². The van der Waals surface area contributed by atoms with E-state index in [1.807, 2.05) is 13.0 Å². The summed E-state index contributed by atoms with van der Waals surface area (Å²) in [7, 11) is 0. The Labute approximate surface area is 142 Å². The second-order valence-electron chi connectivity index (χ2n) is 5.97. The SMILES string of the molecule is CCOc1ncccc1C(=O)NC1CCN(Cc2ccccc2)C1. The van der Waals surface area contributed by atoms with E-state index in [0.717, 1.165) is 26.1 Å². The van der Waals surface area contributed by atoms with E-state index in [1.165, 1.54) is 5.56 Å². The van der Waals surface area contributed by atoms with Crippen molar-refractivity contribution in [2.75, 3.05) is 19.7 Å². The van der Waals surface area contributed by atoms with Crippen molar-refractivity contribution in [3.8, 4) is 5.88 Å². The maximum atomic E-state index is 12.5. The molecule has 5 nitrogen and oxygen atoms in total. The zero-order chi connectivity index (χ0) is 16.8. The van der Waals surface area contributed by atoms with Gasteiger partial charge in [0, 0.05) is 31.9 Å². The second kappa shape index (κ2) is 7.93. The summed E-state index contributed by atoms with van der Waals surface area (Å²) in [5.74, 6) is 0.287. The van der Waals surface area contributed by atoms with Gasteiger partial charge in [0.1, 0.15) is 5.56 Å². The topological polar surface area (TPSA) is 54.5 Å². The van der Waals surface area contributed by atoms with Gasteiger partial charge in [-0.15, -0.1) is 0 Å². The molecule has 3 rings (SSSR count). The molecule has 0 spiro atoms. The maximum absolute atomic E-state index is 12.5. The van der Waals surface area contributed by atoms with Gasteiger partial charge >= 0.3 is 0 Å². The molecule has 0 aliphatic carbocycles. The van der Waals surface area contributed by atoms with Crippen LogP contribution in [0.4, 0.5) is 0 Å². The fourth-order valence-corrected chi connectivity index (χ4v) is 3.01. The third kappa shape index (κ3) is 4.11. The molecule has 1 saturated heterocycles. The normalized spacial score (nSPS) is 17.6. The summed E-state index contributed by atoms with van der Waals surface area (Å²) in [6.07, 6.45) is 2.60. The van der Waals surface area contributed by atoms with Gasteiger partial charge in [0.05, 0.1) is 6.61 Å². The average molecular weight is 325 g/mol. The third-order valence-corrected chi connectivity index (χ3v) is 4.15. The first-order valence-corrected chi connectivity index (χ1v) is 8.41. The zero-order valence-corrected chi connectivity index (χ0v) is 13.9. The molecule has 1 atom stereocenters. The third-order valence-electron chi connectivity index (χ3n) is 4.15. The van der Waals surface area contributed by atoms with Crippen LogP contribution in [0.15, 0.2) is 48.7 Å². The Morgan fingerprint density at radius 1 is 1.29 bits per heavy atom. The van der Waals surface area contributed by atoms with Gasteiger partial charge < -0.3 is 10.1 Å². The second-order valence-corrected chi connectivity index (χ2v) is 5.97. The quantitative estimate of drug-likeness (QED) is 0.886. The summed E-state index contributed by atoms with van der Waals surface area (Å²) < 4.78 is 5.44. The van der Waals surface area contributed by atoms with Crippen molar-refractivity contribution in [2.24, 2.45) is 0 Å². The standard InChI is InChI=1S/C19H23N3O2/c1-2-24-19-17(9-6-11-20-19)18(23)21-16-10-12-22(14-16)13-15-7-4-3-5-8-15/h3-9,11,16H,2,10,12-14H2,1H3,(H,21,23). The number of carbonyl (C=O) groups is 1. The number of aromatic nitrogens is 1. The lowest BCUT2D eigenvalue weighted by molar-refractivity contribution is 0.0933. The summed E-state index contributed by atoms with van der Waals surface area (Å²) in [4.78, 5) is 19.0. The molecule has 0 bridgehead atoms. The van der Waals surface area contributed by atoms with Crippen LogP contribution in [0.25, 0.3) is 0 Å². The Bertz CT molecular complexity index is 675. The Morgan fingerprint density at radius 2 is 2.12 bits per heavy atom. The number of carbonyl (C=O) groups excluding carboxylic acids is 1. The molecule has 1 aromatic carbocycles. The van der Waals surface area contributed by atoms with E-state index < -0.39 is 0 Å². The van der Waals surface area contributed by atoms with E-state index in [-0.39, 0.29) is 11.9 Å². The van der Waals surface area contributed by atoms with E-state index in [4.69, 9.17) is 4.74 Å². The molecule has 24 heavy (non-hydrogen) atoms. The zero-order valence-electron chi connectivity index (χ0n) is 13.9. The van der Waals surface area contributed by atoms with Gasteiger partial charge in [-0.3, -0.25) is 9.69 Å². The van der Waals surface area contributed by atoms with Crippen LogP contribution in [0.5, 0.6) is 5.88 Å². The highest BCUT2D eigenvalue weighted by atomic mass is 16.5. The van der Waals surface area contributed by atoms with E-state index in [1.54, 1.807) is 18.3 Å². The number of hydrogen-bond donors (Lipinski definition) is 1. The molecule has 1 aliphatic rings. The molecular formula is C19H23N3O2. The van der Waals surface area contributed by atoms with E-state index in [0.29, 0.717) is 18.1 Å².